The summed E-state index contributed by atoms with van der Waals surface area (Å²) in [6, 6.07) is 9.19. The van der Waals surface area contributed by atoms with Crippen molar-refractivity contribution >= 4 is 11.7 Å². The Morgan fingerprint density at radius 2 is 1.91 bits per heavy atom. The lowest BCUT2D eigenvalue weighted by atomic mass is 10.0. The molecule has 2 aromatic rings. The summed E-state index contributed by atoms with van der Waals surface area (Å²) in [4.78, 5) is 30.4. The van der Waals surface area contributed by atoms with Crippen molar-refractivity contribution in [3.63, 3.8) is 0 Å². The van der Waals surface area contributed by atoms with Gasteiger partial charge < -0.3 is 4.90 Å². The van der Waals surface area contributed by atoms with Crippen molar-refractivity contribution in [2.45, 2.75) is 25.8 Å². The Morgan fingerprint density at radius 1 is 1.18 bits per heavy atom. The molecule has 0 saturated heterocycles. The Bertz CT molecular complexity index is 725. The van der Waals surface area contributed by atoms with Crippen molar-refractivity contribution in [2.75, 3.05) is 7.05 Å². The molecule has 1 aromatic carbocycles. The normalized spacial score (nSPS) is 14.5. The Kier molecular flexibility index (Phi) is 3.75. The first kappa shape index (κ1) is 14.4. The predicted molar refractivity (Wildman–Crippen MR) is 83.8 cm³/mol. The standard InChI is InChI=1S/C18H18N2O2/c1-12(13-8-10-19-11-9-13)20(2)18(22)16-5-3-4-15-14(16)6-7-17(15)21/h3-5,8-12H,6-7H2,1-2H3/t12-/m0/s1. The molecule has 0 N–H and O–H groups in total. The number of hydrogen-bond donors (Lipinski definition) is 0. The maximum absolute atomic E-state index is 12.8. The maximum Gasteiger partial charge on any atom is 0.254 e. The molecular formula is C18H18N2O2. The highest BCUT2D eigenvalue weighted by molar-refractivity contribution is 6.05. The zero-order chi connectivity index (χ0) is 15.7. The number of amides is 1. The third kappa shape index (κ3) is 2.41. The van der Waals surface area contributed by atoms with E-state index in [4.69, 9.17) is 0 Å². The first-order valence-corrected chi connectivity index (χ1v) is 7.41. The van der Waals surface area contributed by atoms with Crippen molar-refractivity contribution < 1.29 is 9.59 Å². The van der Waals surface area contributed by atoms with E-state index in [1.807, 2.05) is 31.2 Å². The van der Waals surface area contributed by atoms with Gasteiger partial charge in [-0.25, -0.2) is 0 Å². The van der Waals surface area contributed by atoms with Crippen LogP contribution in [0.2, 0.25) is 0 Å². The summed E-state index contributed by atoms with van der Waals surface area (Å²) in [5.41, 5.74) is 3.28. The van der Waals surface area contributed by atoms with Crippen LogP contribution in [0.15, 0.2) is 42.7 Å². The second-order valence-corrected chi connectivity index (χ2v) is 5.63. The van der Waals surface area contributed by atoms with Crippen LogP contribution in [0.4, 0.5) is 0 Å². The van der Waals surface area contributed by atoms with Crippen LogP contribution in [-0.4, -0.2) is 28.6 Å². The van der Waals surface area contributed by atoms with Crippen molar-refractivity contribution in [1.29, 1.82) is 0 Å². The molecular weight excluding hydrogens is 276 g/mol. The van der Waals surface area contributed by atoms with Crippen LogP contribution in [-0.2, 0) is 6.42 Å². The lowest BCUT2D eigenvalue weighted by Crippen LogP contribution is -2.30. The topological polar surface area (TPSA) is 50.3 Å². The lowest BCUT2D eigenvalue weighted by Gasteiger charge is -2.26. The van der Waals surface area contributed by atoms with E-state index in [-0.39, 0.29) is 17.7 Å². The molecule has 22 heavy (non-hydrogen) atoms. The number of pyridine rings is 1. The van der Waals surface area contributed by atoms with E-state index in [1.165, 1.54) is 0 Å². The van der Waals surface area contributed by atoms with Gasteiger partial charge in [-0.2, -0.15) is 0 Å². The van der Waals surface area contributed by atoms with Crippen LogP contribution in [0.3, 0.4) is 0 Å². The number of aromatic nitrogens is 1. The van der Waals surface area contributed by atoms with Gasteiger partial charge in [0, 0.05) is 37.0 Å². The minimum absolute atomic E-state index is 0.0455. The molecule has 0 bridgehead atoms. The maximum atomic E-state index is 12.8. The molecule has 3 rings (SSSR count). The van der Waals surface area contributed by atoms with Gasteiger partial charge in [0.25, 0.3) is 5.91 Å². The Labute approximate surface area is 129 Å². The third-order valence-electron chi connectivity index (χ3n) is 4.40. The van der Waals surface area contributed by atoms with E-state index in [9.17, 15) is 9.59 Å². The van der Waals surface area contributed by atoms with Gasteiger partial charge in [-0.1, -0.05) is 12.1 Å². The average Bonchev–Trinajstić information content (AvgIpc) is 2.95. The summed E-state index contributed by atoms with van der Waals surface area (Å²) in [6.07, 6.45) is 4.61. The van der Waals surface area contributed by atoms with E-state index >= 15 is 0 Å². The summed E-state index contributed by atoms with van der Waals surface area (Å²) in [7, 11) is 1.80. The van der Waals surface area contributed by atoms with Crippen LogP contribution in [0.25, 0.3) is 0 Å². The molecule has 0 saturated carbocycles. The summed E-state index contributed by atoms with van der Waals surface area (Å²) in [5.74, 6) is 0.0883. The molecule has 112 valence electrons. The quantitative estimate of drug-likeness (QED) is 0.874. The van der Waals surface area contributed by atoms with Crippen LogP contribution in [0, 0.1) is 0 Å². The molecule has 0 spiro atoms. The van der Waals surface area contributed by atoms with E-state index < -0.39 is 0 Å². The van der Waals surface area contributed by atoms with Gasteiger partial charge in [0.1, 0.15) is 0 Å². The highest BCUT2D eigenvalue weighted by atomic mass is 16.2. The largest absolute Gasteiger partial charge is 0.335 e. The molecule has 1 amide bonds. The number of carbonyl (C=O) groups is 2. The molecule has 0 aliphatic heterocycles. The summed E-state index contributed by atoms with van der Waals surface area (Å²) in [6.45, 7) is 1.99. The molecule has 1 aliphatic carbocycles. The zero-order valence-electron chi connectivity index (χ0n) is 12.7. The number of fused-ring (bicyclic) bond motifs is 1. The fraction of sp³-hybridized carbons (Fsp3) is 0.278. The number of carbonyl (C=O) groups excluding carboxylic acids is 2. The van der Waals surface area contributed by atoms with E-state index in [0.29, 0.717) is 24.0 Å². The molecule has 0 unspecified atom stereocenters. The van der Waals surface area contributed by atoms with E-state index in [1.54, 1.807) is 30.4 Å². The average molecular weight is 294 g/mol. The monoisotopic (exact) mass is 294 g/mol. The highest BCUT2D eigenvalue weighted by Crippen LogP contribution is 2.28. The third-order valence-corrected chi connectivity index (χ3v) is 4.40. The van der Waals surface area contributed by atoms with Gasteiger partial charge in [-0.15, -0.1) is 0 Å². The number of Topliss-reactive ketones (excluding diaryl/α,β-unsaturated/α-hetero) is 1. The summed E-state index contributed by atoms with van der Waals surface area (Å²) in [5, 5.41) is 0. The zero-order valence-corrected chi connectivity index (χ0v) is 12.7. The smallest absolute Gasteiger partial charge is 0.254 e. The number of ketones is 1. The van der Waals surface area contributed by atoms with Crippen LogP contribution in [0.5, 0.6) is 0 Å². The Balaban J connectivity index is 1.90. The minimum Gasteiger partial charge on any atom is -0.335 e. The molecule has 4 heteroatoms. The fourth-order valence-electron chi connectivity index (χ4n) is 2.92. The number of rotatable bonds is 3. The van der Waals surface area contributed by atoms with E-state index in [0.717, 1.165) is 11.1 Å². The molecule has 4 nitrogen and oxygen atoms in total. The van der Waals surface area contributed by atoms with Crippen molar-refractivity contribution in [1.82, 2.24) is 9.88 Å². The Hall–Kier alpha value is -2.49. The summed E-state index contributed by atoms with van der Waals surface area (Å²) >= 11 is 0. The lowest BCUT2D eigenvalue weighted by molar-refractivity contribution is 0.0741. The van der Waals surface area contributed by atoms with E-state index in [2.05, 4.69) is 4.98 Å². The first-order valence-electron chi connectivity index (χ1n) is 7.41. The Morgan fingerprint density at radius 3 is 2.64 bits per heavy atom. The SMILES string of the molecule is C[C@@H](c1ccncc1)N(C)C(=O)c1cccc2c1CCC2=O. The number of nitrogens with zero attached hydrogens (tertiary/aromatic N) is 2. The summed E-state index contributed by atoms with van der Waals surface area (Å²) < 4.78 is 0. The van der Waals surface area contributed by atoms with Gasteiger partial charge in [0.2, 0.25) is 0 Å². The predicted octanol–water partition coefficient (Wildman–Crippen LogP) is 3.04. The molecule has 1 atom stereocenters. The van der Waals surface area contributed by atoms with Gasteiger partial charge in [0.15, 0.2) is 5.78 Å². The van der Waals surface area contributed by atoms with Gasteiger partial charge >= 0.3 is 0 Å². The van der Waals surface area contributed by atoms with Crippen molar-refractivity contribution in [3.05, 3.63) is 65.0 Å². The minimum atomic E-state index is -0.0524. The second kappa shape index (κ2) is 5.72. The van der Waals surface area contributed by atoms with Crippen molar-refractivity contribution in [2.24, 2.45) is 0 Å². The second-order valence-electron chi connectivity index (χ2n) is 5.63. The van der Waals surface area contributed by atoms with Crippen molar-refractivity contribution in [3.8, 4) is 0 Å². The van der Waals surface area contributed by atoms with Crippen LogP contribution < -0.4 is 0 Å². The highest BCUT2D eigenvalue weighted by Gasteiger charge is 2.27. The van der Waals surface area contributed by atoms with Gasteiger partial charge in [0.05, 0.1) is 6.04 Å². The van der Waals surface area contributed by atoms with Crippen LogP contribution >= 0.6 is 0 Å². The van der Waals surface area contributed by atoms with Crippen LogP contribution in [0.1, 0.15) is 51.2 Å². The molecule has 1 aliphatic rings. The van der Waals surface area contributed by atoms with Gasteiger partial charge in [-0.05, 0) is 42.7 Å². The first-order chi connectivity index (χ1) is 10.6. The molecule has 1 heterocycles. The molecule has 1 aromatic heterocycles. The molecule has 0 radical (unpaired) electrons. The number of benzene rings is 1. The number of hydrogen-bond acceptors (Lipinski definition) is 3. The fourth-order valence-corrected chi connectivity index (χ4v) is 2.92. The molecule has 0 fully saturated rings. The van der Waals surface area contributed by atoms with Gasteiger partial charge in [-0.3, -0.25) is 14.6 Å².